The predicted molar refractivity (Wildman–Crippen MR) is 110 cm³/mol. The van der Waals surface area contributed by atoms with Gasteiger partial charge in [0, 0.05) is 19.3 Å². The van der Waals surface area contributed by atoms with E-state index in [1.807, 2.05) is 30.3 Å². The Kier molecular flexibility index (Phi) is 8.41. The Bertz CT molecular complexity index is 822. The minimum atomic E-state index is -4.49. The maximum Gasteiger partial charge on any atom is 0.433 e. The van der Waals surface area contributed by atoms with Gasteiger partial charge in [0.2, 0.25) is 0 Å². The number of halogens is 3. The van der Waals surface area contributed by atoms with Crippen molar-refractivity contribution in [1.29, 1.82) is 0 Å². The first-order valence-corrected chi connectivity index (χ1v) is 9.88. The van der Waals surface area contributed by atoms with Crippen LogP contribution in [0.5, 0.6) is 0 Å². The molecule has 0 fully saturated rings. The summed E-state index contributed by atoms with van der Waals surface area (Å²) in [4.78, 5) is 15.6. The van der Waals surface area contributed by atoms with E-state index in [4.69, 9.17) is 4.74 Å². The Morgan fingerprint density at radius 2 is 1.77 bits per heavy atom. The molecule has 2 rings (SSSR count). The molecule has 2 aromatic rings. The molecule has 1 heterocycles. The van der Waals surface area contributed by atoms with Gasteiger partial charge in [-0.05, 0) is 44.4 Å². The Morgan fingerprint density at radius 1 is 1.10 bits per heavy atom. The van der Waals surface area contributed by atoms with E-state index in [2.05, 4.69) is 15.6 Å². The third kappa shape index (κ3) is 8.94. The maximum absolute atomic E-state index is 12.6. The van der Waals surface area contributed by atoms with Gasteiger partial charge in [0.15, 0.2) is 0 Å². The first-order valence-electron chi connectivity index (χ1n) is 9.88. The van der Waals surface area contributed by atoms with Crippen LogP contribution in [0.3, 0.4) is 0 Å². The van der Waals surface area contributed by atoms with Crippen LogP contribution < -0.4 is 10.6 Å². The lowest BCUT2D eigenvalue weighted by atomic mass is 10.0. The fraction of sp³-hybridized carbons (Fsp3) is 0.455. The largest absolute Gasteiger partial charge is 0.444 e. The molecule has 0 unspecified atom stereocenters. The highest BCUT2D eigenvalue weighted by molar-refractivity contribution is 5.68. The number of aliphatic hydroxyl groups excluding tert-OH is 1. The average Bonchev–Trinajstić information content (AvgIpc) is 2.66. The number of carbonyl (C=O) groups is 1. The number of aromatic nitrogens is 1. The molecule has 1 amide bonds. The number of nitrogens with zero attached hydrogens (tertiary/aromatic N) is 1. The van der Waals surface area contributed by atoms with Crippen molar-refractivity contribution in [3.63, 3.8) is 0 Å². The molecule has 0 aliphatic heterocycles. The highest BCUT2D eigenvalue weighted by Gasteiger charge is 2.32. The minimum absolute atomic E-state index is 0.105. The van der Waals surface area contributed by atoms with Crippen molar-refractivity contribution in [3.8, 4) is 0 Å². The molecule has 0 aliphatic carbocycles. The smallest absolute Gasteiger partial charge is 0.433 e. The van der Waals surface area contributed by atoms with Crippen molar-refractivity contribution in [2.45, 2.75) is 57.7 Å². The third-order valence-corrected chi connectivity index (χ3v) is 4.26. The molecule has 0 aliphatic rings. The molecule has 0 saturated heterocycles. The van der Waals surface area contributed by atoms with Crippen LogP contribution in [-0.2, 0) is 23.9 Å². The zero-order valence-corrected chi connectivity index (χ0v) is 17.7. The number of rotatable bonds is 8. The van der Waals surface area contributed by atoms with Gasteiger partial charge in [-0.3, -0.25) is 4.98 Å². The molecule has 9 heteroatoms. The van der Waals surface area contributed by atoms with Crippen molar-refractivity contribution in [2.24, 2.45) is 0 Å². The number of aliphatic hydroxyl groups is 1. The number of alkyl halides is 3. The fourth-order valence-corrected chi connectivity index (χ4v) is 2.81. The Morgan fingerprint density at radius 3 is 2.32 bits per heavy atom. The van der Waals surface area contributed by atoms with Gasteiger partial charge in [-0.15, -0.1) is 0 Å². The quantitative estimate of drug-likeness (QED) is 0.584. The highest BCUT2D eigenvalue weighted by atomic mass is 19.4. The van der Waals surface area contributed by atoms with Crippen LogP contribution in [0.15, 0.2) is 48.7 Å². The highest BCUT2D eigenvalue weighted by Crippen LogP contribution is 2.27. The summed E-state index contributed by atoms with van der Waals surface area (Å²) in [6.07, 6.45) is -4.57. The van der Waals surface area contributed by atoms with Gasteiger partial charge in [-0.2, -0.15) is 13.2 Å². The molecule has 0 spiro atoms. The van der Waals surface area contributed by atoms with Crippen molar-refractivity contribution >= 4 is 6.09 Å². The van der Waals surface area contributed by atoms with Crippen LogP contribution in [0.2, 0.25) is 0 Å². The second-order valence-electron chi connectivity index (χ2n) is 8.19. The van der Waals surface area contributed by atoms with E-state index in [-0.39, 0.29) is 13.1 Å². The number of carbonyl (C=O) groups excluding carboxylic acids is 1. The van der Waals surface area contributed by atoms with Gasteiger partial charge in [-0.25, -0.2) is 4.79 Å². The molecule has 31 heavy (non-hydrogen) atoms. The van der Waals surface area contributed by atoms with E-state index in [0.29, 0.717) is 12.0 Å². The molecule has 3 N–H and O–H groups in total. The van der Waals surface area contributed by atoms with Crippen LogP contribution in [0.25, 0.3) is 0 Å². The first kappa shape index (κ1) is 24.6. The lowest BCUT2D eigenvalue weighted by molar-refractivity contribution is -0.141. The average molecular weight is 439 g/mol. The number of ether oxygens (including phenoxy) is 1. The SMILES string of the molecule is CC(C)(C)OC(=O)N[C@@H](Cc1ccccc1)[C@H](O)CNCc1ccc(C(F)(F)F)nc1. The molecule has 1 aromatic carbocycles. The second kappa shape index (κ2) is 10.6. The van der Waals surface area contributed by atoms with Crippen molar-refractivity contribution in [1.82, 2.24) is 15.6 Å². The van der Waals surface area contributed by atoms with Crippen LogP contribution in [-0.4, -0.2) is 40.5 Å². The number of nitrogens with one attached hydrogen (secondary N) is 2. The summed E-state index contributed by atoms with van der Waals surface area (Å²) < 4.78 is 43.1. The second-order valence-corrected chi connectivity index (χ2v) is 8.19. The van der Waals surface area contributed by atoms with E-state index >= 15 is 0 Å². The molecule has 2 atom stereocenters. The molecular formula is C22H28F3N3O3. The summed E-state index contributed by atoms with van der Waals surface area (Å²) in [5, 5.41) is 16.3. The summed E-state index contributed by atoms with van der Waals surface area (Å²) in [7, 11) is 0. The normalized spacial score (nSPS) is 14.0. The Hall–Kier alpha value is -2.65. The van der Waals surface area contributed by atoms with E-state index in [0.717, 1.165) is 17.8 Å². The summed E-state index contributed by atoms with van der Waals surface area (Å²) >= 11 is 0. The lowest BCUT2D eigenvalue weighted by Crippen LogP contribution is -2.49. The Balaban J connectivity index is 1.96. The third-order valence-electron chi connectivity index (χ3n) is 4.26. The van der Waals surface area contributed by atoms with Gasteiger partial charge < -0.3 is 20.5 Å². The van der Waals surface area contributed by atoms with E-state index in [1.165, 1.54) is 6.07 Å². The predicted octanol–water partition coefficient (Wildman–Crippen LogP) is 3.69. The fourth-order valence-electron chi connectivity index (χ4n) is 2.81. The number of hydrogen-bond acceptors (Lipinski definition) is 5. The zero-order valence-electron chi connectivity index (χ0n) is 17.7. The lowest BCUT2D eigenvalue weighted by Gasteiger charge is -2.27. The summed E-state index contributed by atoms with van der Waals surface area (Å²) in [5.74, 6) is 0. The molecule has 170 valence electrons. The molecule has 0 bridgehead atoms. The van der Waals surface area contributed by atoms with Crippen molar-refractivity contribution in [3.05, 3.63) is 65.5 Å². The van der Waals surface area contributed by atoms with E-state index < -0.39 is 35.7 Å². The minimum Gasteiger partial charge on any atom is -0.444 e. The maximum atomic E-state index is 12.6. The summed E-state index contributed by atoms with van der Waals surface area (Å²) in [6.45, 7) is 5.56. The van der Waals surface area contributed by atoms with Gasteiger partial charge >= 0.3 is 12.3 Å². The van der Waals surface area contributed by atoms with Gasteiger partial charge in [0.05, 0.1) is 12.1 Å². The van der Waals surface area contributed by atoms with Crippen LogP contribution >= 0.6 is 0 Å². The molecular weight excluding hydrogens is 411 g/mol. The standard InChI is InChI=1S/C22H28F3N3O3/c1-21(2,3)31-20(30)28-17(11-15-7-5-4-6-8-15)18(29)14-26-12-16-9-10-19(27-13-16)22(23,24)25/h4-10,13,17-18,26,29H,11-12,14H2,1-3H3,(H,28,30)/t17-,18+/m0/s1. The van der Waals surface area contributed by atoms with Crippen LogP contribution in [0, 0.1) is 0 Å². The molecule has 6 nitrogen and oxygen atoms in total. The number of amides is 1. The number of hydrogen-bond donors (Lipinski definition) is 3. The van der Waals surface area contributed by atoms with Crippen molar-refractivity contribution in [2.75, 3.05) is 6.54 Å². The first-order chi connectivity index (χ1) is 14.4. The summed E-state index contributed by atoms with van der Waals surface area (Å²) in [6, 6.07) is 11.0. The molecule has 1 aromatic heterocycles. The van der Waals surface area contributed by atoms with E-state index in [1.54, 1.807) is 20.8 Å². The molecule has 0 radical (unpaired) electrons. The zero-order chi connectivity index (χ0) is 23.1. The van der Waals surface area contributed by atoms with Gasteiger partial charge in [0.25, 0.3) is 0 Å². The van der Waals surface area contributed by atoms with E-state index in [9.17, 15) is 23.1 Å². The van der Waals surface area contributed by atoms with Gasteiger partial charge in [0.1, 0.15) is 11.3 Å². The number of alkyl carbamates (subject to hydrolysis) is 1. The number of benzene rings is 1. The number of pyridine rings is 1. The molecule has 0 saturated carbocycles. The topological polar surface area (TPSA) is 83.5 Å². The van der Waals surface area contributed by atoms with Crippen LogP contribution in [0.4, 0.5) is 18.0 Å². The monoisotopic (exact) mass is 439 g/mol. The summed E-state index contributed by atoms with van der Waals surface area (Å²) in [5.41, 5.74) is -0.171. The van der Waals surface area contributed by atoms with Gasteiger partial charge in [-0.1, -0.05) is 36.4 Å². The Labute approximate surface area is 179 Å². The van der Waals surface area contributed by atoms with Crippen molar-refractivity contribution < 1.29 is 27.8 Å². The van der Waals surface area contributed by atoms with Crippen LogP contribution in [0.1, 0.15) is 37.6 Å².